The molecule has 0 radical (unpaired) electrons. The van der Waals surface area contributed by atoms with E-state index in [9.17, 15) is 4.39 Å². The van der Waals surface area contributed by atoms with Gasteiger partial charge >= 0.3 is 0 Å². The Kier molecular flexibility index (Phi) is 5.52. The number of nitrogens with zero attached hydrogens (tertiary/aromatic N) is 1. The number of ether oxygens (including phenoxy) is 1. The highest BCUT2D eigenvalue weighted by molar-refractivity contribution is 6.30. The molecule has 2 nitrogen and oxygen atoms in total. The zero-order valence-electron chi connectivity index (χ0n) is 13.1. The maximum atomic E-state index is 13.0. The normalized spacial score (nSPS) is 16.4. The summed E-state index contributed by atoms with van der Waals surface area (Å²) < 4.78 is 18.7. The van der Waals surface area contributed by atoms with E-state index in [-0.39, 0.29) is 5.82 Å². The second-order valence-electron chi connectivity index (χ2n) is 5.97. The topological polar surface area (TPSA) is 12.5 Å². The lowest BCUT2D eigenvalue weighted by Crippen LogP contribution is -2.35. The van der Waals surface area contributed by atoms with Gasteiger partial charge in [0.2, 0.25) is 0 Å². The van der Waals surface area contributed by atoms with Crippen molar-refractivity contribution < 1.29 is 9.13 Å². The minimum Gasteiger partial charge on any atom is -0.492 e. The molecule has 0 bridgehead atoms. The number of hydrogen-bond donors (Lipinski definition) is 0. The Labute approximate surface area is 141 Å². The average molecular weight is 334 g/mol. The molecular formula is C19H21ClFNO. The summed E-state index contributed by atoms with van der Waals surface area (Å²) in [4.78, 5) is 2.43. The third kappa shape index (κ3) is 4.69. The Bertz CT molecular complexity index is 604. The van der Waals surface area contributed by atoms with E-state index >= 15 is 0 Å². The molecule has 4 heteroatoms. The Hall–Kier alpha value is -1.58. The summed E-state index contributed by atoms with van der Waals surface area (Å²) in [5.41, 5.74) is 1.25. The zero-order valence-corrected chi connectivity index (χ0v) is 13.8. The van der Waals surface area contributed by atoms with E-state index in [1.165, 1.54) is 5.56 Å². The highest BCUT2D eigenvalue weighted by Crippen LogP contribution is 2.28. The molecule has 23 heavy (non-hydrogen) atoms. The molecule has 1 aliphatic rings. The van der Waals surface area contributed by atoms with E-state index in [4.69, 9.17) is 16.3 Å². The van der Waals surface area contributed by atoms with Crippen molar-refractivity contribution in [3.63, 3.8) is 0 Å². The molecule has 0 unspecified atom stereocenters. The molecule has 2 aromatic carbocycles. The first-order valence-corrected chi connectivity index (χ1v) is 8.45. The predicted octanol–water partition coefficient (Wildman–Crippen LogP) is 4.74. The summed E-state index contributed by atoms with van der Waals surface area (Å²) >= 11 is 5.86. The molecule has 0 aliphatic carbocycles. The molecule has 1 heterocycles. The summed E-state index contributed by atoms with van der Waals surface area (Å²) in [5.74, 6) is 1.24. The largest absolute Gasteiger partial charge is 0.492 e. The van der Waals surface area contributed by atoms with Crippen molar-refractivity contribution in [3.05, 3.63) is 64.9 Å². The smallest absolute Gasteiger partial charge is 0.123 e. The van der Waals surface area contributed by atoms with Gasteiger partial charge in [-0.05, 0) is 73.8 Å². The van der Waals surface area contributed by atoms with E-state index in [0.717, 1.165) is 43.2 Å². The van der Waals surface area contributed by atoms with Crippen molar-refractivity contribution in [1.82, 2.24) is 4.90 Å². The highest BCUT2D eigenvalue weighted by Gasteiger charge is 2.20. The number of rotatable bonds is 5. The second-order valence-corrected chi connectivity index (χ2v) is 6.41. The van der Waals surface area contributed by atoms with Crippen molar-refractivity contribution in [2.45, 2.75) is 18.8 Å². The Morgan fingerprint density at radius 2 is 1.65 bits per heavy atom. The third-order valence-corrected chi connectivity index (χ3v) is 4.67. The van der Waals surface area contributed by atoms with Crippen LogP contribution < -0.4 is 4.74 Å². The van der Waals surface area contributed by atoms with Crippen LogP contribution in [-0.2, 0) is 0 Å². The number of benzene rings is 2. The molecule has 0 spiro atoms. The summed E-state index contributed by atoms with van der Waals surface area (Å²) in [6.07, 6.45) is 2.24. The van der Waals surface area contributed by atoms with Crippen LogP contribution >= 0.6 is 11.6 Å². The van der Waals surface area contributed by atoms with Gasteiger partial charge in [0, 0.05) is 11.6 Å². The maximum Gasteiger partial charge on any atom is 0.123 e. The van der Waals surface area contributed by atoms with Crippen LogP contribution in [0.15, 0.2) is 48.5 Å². The second kappa shape index (κ2) is 7.80. The van der Waals surface area contributed by atoms with Crippen LogP contribution in [0, 0.1) is 5.82 Å². The van der Waals surface area contributed by atoms with Crippen LogP contribution in [0.4, 0.5) is 4.39 Å². The fourth-order valence-electron chi connectivity index (χ4n) is 3.05. The quantitative estimate of drug-likeness (QED) is 0.783. The molecule has 2 aromatic rings. The standard InChI is InChI=1S/C19H21ClFNO/c20-17-3-7-19(8-4-17)23-14-13-22-11-9-16(10-12-22)15-1-5-18(21)6-2-15/h1-8,16H,9-14H2. The molecular weight excluding hydrogens is 313 g/mol. The first-order chi connectivity index (χ1) is 11.2. The zero-order chi connectivity index (χ0) is 16.1. The molecule has 122 valence electrons. The molecule has 1 fully saturated rings. The van der Waals surface area contributed by atoms with Crippen LogP contribution in [0.1, 0.15) is 24.3 Å². The van der Waals surface area contributed by atoms with Crippen molar-refractivity contribution in [3.8, 4) is 5.75 Å². The fourth-order valence-corrected chi connectivity index (χ4v) is 3.17. The summed E-state index contributed by atoms with van der Waals surface area (Å²) in [5, 5.41) is 0.722. The van der Waals surface area contributed by atoms with E-state index in [0.29, 0.717) is 12.5 Å². The van der Waals surface area contributed by atoms with Crippen molar-refractivity contribution >= 4 is 11.6 Å². The minimum atomic E-state index is -0.162. The van der Waals surface area contributed by atoms with Crippen LogP contribution in [0.2, 0.25) is 5.02 Å². The van der Waals surface area contributed by atoms with E-state index in [1.807, 2.05) is 36.4 Å². The number of piperidine rings is 1. The summed E-state index contributed by atoms with van der Waals surface area (Å²) in [6.45, 7) is 3.74. The summed E-state index contributed by atoms with van der Waals surface area (Å²) in [7, 11) is 0. The van der Waals surface area contributed by atoms with Crippen LogP contribution in [0.25, 0.3) is 0 Å². The molecule has 0 aromatic heterocycles. The highest BCUT2D eigenvalue weighted by atomic mass is 35.5. The van der Waals surface area contributed by atoms with Gasteiger partial charge in [0.25, 0.3) is 0 Å². The van der Waals surface area contributed by atoms with Gasteiger partial charge in [-0.3, -0.25) is 4.90 Å². The van der Waals surface area contributed by atoms with Gasteiger partial charge in [0.15, 0.2) is 0 Å². The van der Waals surface area contributed by atoms with Crippen molar-refractivity contribution in [1.29, 1.82) is 0 Å². The average Bonchev–Trinajstić information content (AvgIpc) is 2.58. The first kappa shape index (κ1) is 16.3. The Morgan fingerprint density at radius 1 is 1.00 bits per heavy atom. The van der Waals surface area contributed by atoms with Gasteiger partial charge in [-0.2, -0.15) is 0 Å². The number of hydrogen-bond acceptors (Lipinski definition) is 2. The lowest BCUT2D eigenvalue weighted by Gasteiger charge is -2.32. The van der Waals surface area contributed by atoms with Crippen molar-refractivity contribution in [2.24, 2.45) is 0 Å². The van der Waals surface area contributed by atoms with Crippen molar-refractivity contribution in [2.75, 3.05) is 26.2 Å². The van der Waals surface area contributed by atoms with Crippen LogP contribution in [0.5, 0.6) is 5.75 Å². The van der Waals surface area contributed by atoms with Crippen LogP contribution in [0.3, 0.4) is 0 Å². The van der Waals surface area contributed by atoms with Gasteiger partial charge in [0.05, 0.1) is 0 Å². The van der Waals surface area contributed by atoms with Gasteiger partial charge in [-0.15, -0.1) is 0 Å². The molecule has 3 rings (SSSR count). The fraction of sp³-hybridized carbons (Fsp3) is 0.368. The van der Waals surface area contributed by atoms with E-state index < -0.39 is 0 Å². The molecule has 0 amide bonds. The Balaban J connectivity index is 1.40. The van der Waals surface area contributed by atoms with Crippen LogP contribution in [-0.4, -0.2) is 31.1 Å². The van der Waals surface area contributed by atoms with E-state index in [2.05, 4.69) is 4.90 Å². The maximum absolute atomic E-state index is 13.0. The van der Waals surface area contributed by atoms with Gasteiger partial charge in [-0.1, -0.05) is 23.7 Å². The number of likely N-dealkylation sites (tertiary alicyclic amines) is 1. The van der Waals surface area contributed by atoms with Gasteiger partial charge in [-0.25, -0.2) is 4.39 Å². The monoisotopic (exact) mass is 333 g/mol. The number of halogens is 2. The van der Waals surface area contributed by atoms with Gasteiger partial charge in [0.1, 0.15) is 18.2 Å². The lowest BCUT2D eigenvalue weighted by atomic mass is 9.89. The predicted molar refractivity (Wildman–Crippen MR) is 91.8 cm³/mol. The molecule has 0 atom stereocenters. The van der Waals surface area contributed by atoms with Gasteiger partial charge < -0.3 is 4.74 Å². The molecule has 0 saturated carbocycles. The molecule has 1 saturated heterocycles. The SMILES string of the molecule is Fc1ccc(C2CCN(CCOc3ccc(Cl)cc3)CC2)cc1. The molecule has 1 aliphatic heterocycles. The third-order valence-electron chi connectivity index (χ3n) is 4.42. The first-order valence-electron chi connectivity index (χ1n) is 8.07. The minimum absolute atomic E-state index is 0.162. The Morgan fingerprint density at radius 3 is 2.30 bits per heavy atom. The summed E-state index contributed by atoms with van der Waals surface area (Å²) in [6, 6.07) is 14.4. The lowest BCUT2D eigenvalue weighted by molar-refractivity contribution is 0.173. The molecule has 0 N–H and O–H groups in total. The van der Waals surface area contributed by atoms with E-state index in [1.54, 1.807) is 12.1 Å².